The molecular formula is C16H18Cl2FNO4S. The van der Waals surface area contributed by atoms with E-state index in [4.69, 9.17) is 27.9 Å². The fraction of sp³-hybridized carbons (Fsp3) is 0.562. The lowest BCUT2D eigenvalue weighted by Gasteiger charge is -2.30. The topological polar surface area (TPSA) is 63.7 Å². The molecule has 2 fully saturated rings. The number of halogens is 3. The Morgan fingerprint density at radius 1 is 1.24 bits per heavy atom. The summed E-state index contributed by atoms with van der Waals surface area (Å²) < 4.78 is 43.8. The number of alkyl halides is 2. The number of ether oxygens (including phenoxy) is 1. The summed E-state index contributed by atoms with van der Waals surface area (Å²) in [5, 5.41) is 0. The lowest BCUT2D eigenvalue weighted by Crippen LogP contribution is -2.40. The van der Waals surface area contributed by atoms with E-state index in [0.717, 1.165) is 12.1 Å². The molecule has 1 aromatic rings. The summed E-state index contributed by atoms with van der Waals surface area (Å²) in [7, 11) is -3.68. The average molecular weight is 410 g/mol. The molecule has 138 valence electrons. The fourth-order valence-electron chi connectivity index (χ4n) is 2.84. The van der Waals surface area contributed by atoms with Crippen LogP contribution in [0.2, 0.25) is 0 Å². The largest absolute Gasteiger partial charge is 0.465 e. The van der Waals surface area contributed by atoms with Crippen molar-refractivity contribution in [1.29, 1.82) is 0 Å². The van der Waals surface area contributed by atoms with Gasteiger partial charge in [-0.3, -0.25) is 4.79 Å². The summed E-state index contributed by atoms with van der Waals surface area (Å²) >= 11 is 11.8. The Kier molecular flexibility index (Phi) is 5.31. The number of hydrogen-bond donors (Lipinski definition) is 0. The SMILES string of the molecule is O=C(OC[C@@H]1CC1(Cl)Cl)C1CCN(S(=O)(=O)c2ccc(F)cc2)CC1. The van der Waals surface area contributed by atoms with E-state index in [1.54, 1.807) is 0 Å². The van der Waals surface area contributed by atoms with Crippen LogP contribution in [0.1, 0.15) is 19.3 Å². The predicted molar refractivity (Wildman–Crippen MR) is 91.4 cm³/mol. The van der Waals surface area contributed by atoms with Crippen LogP contribution in [0.5, 0.6) is 0 Å². The Balaban J connectivity index is 1.52. The molecule has 1 aromatic carbocycles. The number of sulfonamides is 1. The molecule has 1 heterocycles. The molecule has 1 aliphatic carbocycles. The van der Waals surface area contributed by atoms with E-state index in [2.05, 4.69) is 0 Å². The standard InChI is InChI=1S/C16H18Cl2FNO4S/c17-16(18)9-12(16)10-24-15(21)11-5-7-20(8-6-11)25(22,23)14-3-1-13(19)2-4-14/h1-4,11-12H,5-10H2/t12-/m0/s1. The van der Waals surface area contributed by atoms with Crippen LogP contribution in [-0.2, 0) is 19.6 Å². The van der Waals surface area contributed by atoms with Gasteiger partial charge in [0.25, 0.3) is 0 Å². The van der Waals surface area contributed by atoms with E-state index >= 15 is 0 Å². The molecule has 0 N–H and O–H groups in total. The van der Waals surface area contributed by atoms with E-state index in [0.29, 0.717) is 19.3 Å². The third kappa shape index (κ3) is 4.27. The highest BCUT2D eigenvalue weighted by atomic mass is 35.5. The third-order valence-corrected chi connectivity index (χ3v) is 7.46. The van der Waals surface area contributed by atoms with Crippen molar-refractivity contribution < 1.29 is 22.3 Å². The van der Waals surface area contributed by atoms with Gasteiger partial charge in [-0.2, -0.15) is 4.31 Å². The van der Waals surface area contributed by atoms with Crippen molar-refractivity contribution in [3.63, 3.8) is 0 Å². The van der Waals surface area contributed by atoms with Gasteiger partial charge in [0.15, 0.2) is 0 Å². The van der Waals surface area contributed by atoms with Crippen molar-refractivity contribution in [1.82, 2.24) is 4.31 Å². The number of piperidine rings is 1. The summed E-state index contributed by atoms with van der Waals surface area (Å²) in [6.45, 7) is 0.635. The molecule has 1 saturated carbocycles. The molecule has 1 aliphatic heterocycles. The highest BCUT2D eigenvalue weighted by Gasteiger charge is 2.52. The number of esters is 1. The Labute approximate surface area is 156 Å². The van der Waals surface area contributed by atoms with Gasteiger partial charge in [-0.05, 0) is 43.5 Å². The fourth-order valence-corrected chi connectivity index (χ4v) is 4.81. The van der Waals surface area contributed by atoms with Gasteiger partial charge in [0.2, 0.25) is 10.0 Å². The average Bonchev–Trinajstić information content (AvgIpc) is 3.20. The van der Waals surface area contributed by atoms with Gasteiger partial charge < -0.3 is 4.74 Å². The molecule has 0 unspecified atom stereocenters. The maximum Gasteiger partial charge on any atom is 0.309 e. The number of carbonyl (C=O) groups is 1. The first-order chi connectivity index (χ1) is 11.7. The van der Waals surface area contributed by atoms with Crippen LogP contribution in [0.3, 0.4) is 0 Å². The smallest absolute Gasteiger partial charge is 0.309 e. The van der Waals surface area contributed by atoms with Crippen molar-refractivity contribution in [2.24, 2.45) is 11.8 Å². The molecule has 0 radical (unpaired) electrons. The summed E-state index contributed by atoms with van der Waals surface area (Å²) in [6, 6.07) is 4.71. The summed E-state index contributed by atoms with van der Waals surface area (Å²) in [6.07, 6.45) is 1.38. The number of nitrogens with zero attached hydrogens (tertiary/aromatic N) is 1. The second-order valence-electron chi connectivity index (χ2n) is 6.42. The minimum absolute atomic E-state index is 0.0290. The minimum atomic E-state index is -3.68. The van der Waals surface area contributed by atoms with Crippen LogP contribution in [0.4, 0.5) is 4.39 Å². The van der Waals surface area contributed by atoms with Crippen LogP contribution in [0.15, 0.2) is 29.2 Å². The molecular weight excluding hydrogens is 392 g/mol. The van der Waals surface area contributed by atoms with Gasteiger partial charge in [0, 0.05) is 19.0 Å². The second kappa shape index (κ2) is 7.02. The quantitative estimate of drug-likeness (QED) is 0.553. The van der Waals surface area contributed by atoms with Gasteiger partial charge in [-0.25, -0.2) is 12.8 Å². The van der Waals surface area contributed by atoms with Crippen molar-refractivity contribution in [3.8, 4) is 0 Å². The van der Waals surface area contributed by atoms with Crippen molar-refractivity contribution in [3.05, 3.63) is 30.1 Å². The van der Waals surface area contributed by atoms with Crippen LogP contribution < -0.4 is 0 Å². The van der Waals surface area contributed by atoms with Crippen molar-refractivity contribution >= 4 is 39.2 Å². The zero-order valence-corrected chi connectivity index (χ0v) is 15.7. The Morgan fingerprint density at radius 2 is 1.80 bits per heavy atom. The maximum absolute atomic E-state index is 13.0. The molecule has 0 amide bonds. The lowest BCUT2D eigenvalue weighted by molar-refractivity contribution is -0.150. The second-order valence-corrected chi connectivity index (χ2v) is 9.90. The number of benzene rings is 1. The molecule has 5 nitrogen and oxygen atoms in total. The van der Waals surface area contributed by atoms with E-state index in [-0.39, 0.29) is 42.4 Å². The highest BCUT2D eigenvalue weighted by molar-refractivity contribution is 7.89. The molecule has 3 rings (SSSR count). The molecule has 9 heteroatoms. The Bertz CT molecular complexity index is 746. The highest BCUT2D eigenvalue weighted by Crippen LogP contribution is 2.53. The van der Waals surface area contributed by atoms with E-state index in [9.17, 15) is 17.6 Å². The van der Waals surface area contributed by atoms with E-state index in [1.807, 2.05) is 0 Å². The van der Waals surface area contributed by atoms with Crippen LogP contribution >= 0.6 is 23.2 Å². The lowest BCUT2D eigenvalue weighted by atomic mass is 9.98. The monoisotopic (exact) mass is 409 g/mol. The van der Waals surface area contributed by atoms with Crippen molar-refractivity contribution in [2.45, 2.75) is 28.5 Å². The van der Waals surface area contributed by atoms with Gasteiger partial charge in [-0.1, -0.05) is 0 Å². The summed E-state index contributed by atoms with van der Waals surface area (Å²) in [4.78, 5) is 12.1. The summed E-state index contributed by atoms with van der Waals surface area (Å²) in [5.74, 6) is -1.19. The first-order valence-corrected chi connectivity index (χ1v) is 10.2. The first-order valence-electron chi connectivity index (χ1n) is 8.00. The summed E-state index contributed by atoms with van der Waals surface area (Å²) in [5.41, 5.74) is 0. The number of rotatable bonds is 5. The van der Waals surface area contributed by atoms with E-state index < -0.39 is 20.2 Å². The predicted octanol–water partition coefficient (Wildman–Crippen LogP) is 2.96. The zero-order chi connectivity index (χ0) is 18.2. The number of carbonyl (C=O) groups excluding carboxylic acids is 1. The number of hydrogen-bond acceptors (Lipinski definition) is 4. The molecule has 0 aromatic heterocycles. The van der Waals surface area contributed by atoms with Gasteiger partial charge >= 0.3 is 5.97 Å². The Hall–Kier alpha value is -0.890. The van der Waals surface area contributed by atoms with Gasteiger partial charge in [-0.15, -0.1) is 23.2 Å². The Morgan fingerprint density at radius 3 is 2.32 bits per heavy atom. The van der Waals surface area contributed by atoms with Crippen LogP contribution in [0, 0.1) is 17.7 Å². The minimum Gasteiger partial charge on any atom is -0.465 e. The zero-order valence-electron chi connectivity index (χ0n) is 13.3. The van der Waals surface area contributed by atoms with Crippen molar-refractivity contribution in [2.75, 3.05) is 19.7 Å². The van der Waals surface area contributed by atoms with E-state index in [1.165, 1.54) is 16.4 Å². The molecule has 0 spiro atoms. The molecule has 1 saturated heterocycles. The molecule has 0 bridgehead atoms. The first kappa shape index (κ1) is 18.9. The molecule has 1 atom stereocenters. The molecule has 25 heavy (non-hydrogen) atoms. The normalized spacial score (nSPS) is 24.0. The van der Waals surface area contributed by atoms with Gasteiger partial charge in [0.05, 0.1) is 17.4 Å². The third-order valence-electron chi connectivity index (χ3n) is 4.62. The maximum atomic E-state index is 13.0. The molecule has 2 aliphatic rings. The van der Waals surface area contributed by atoms with Gasteiger partial charge in [0.1, 0.15) is 10.2 Å². The van der Waals surface area contributed by atoms with Crippen LogP contribution in [-0.4, -0.2) is 42.7 Å². The van der Waals surface area contributed by atoms with Crippen LogP contribution in [0.25, 0.3) is 0 Å².